The molecule has 0 radical (unpaired) electrons. The Morgan fingerprint density at radius 3 is 2.04 bits per heavy atom. The van der Waals surface area contributed by atoms with Gasteiger partial charge >= 0.3 is 5.97 Å². The molecule has 4 N–H and O–H groups in total. The lowest BCUT2D eigenvalue weighted by molar-refractivity contribution is -0.136. The number of rotatable bonds is 14. The van der Waals surface area contributed by atoms with E-state index in [0.29, 0.717) is 19.3 Å². The summed E-state index contributed by atoms with van der Waals surface area (Å²) in [5.74, 6) is -0.831. The van der Waals surface area contributed by atoms with E-state index in [9.17, 15) is 20.1 Å². The molecule has 27 heavy (non-hydrogen) atoms. The van der Waals surface area contributed by atoms with Crippen molar-refractivity contribution in [3.63, 3.8) is 0 Å². The lowest BCUT2D eigenvalue weighted by Crippen LogP contribution is -2.22. The van der Waals surface area contributed by atoms with Crippen LogP contribution in [0.15, 0.2) is 72.9 Å². The van der Waals surface area contributed by atoms with Gasteiger partial charge in [0.1, 0.15) is 0 Å². The van der Waals surface area contributed by atoms with Crippen molar-refractivity contribution in [2.45, 2.75) is 57.3 Å². The zero-order valence-corrected chi connectivity index (χ0v) is 15.9. The number of hydrogen-bond acceptors (Lipinski definition) is 4. The molecule has 5 heteroatoms. The SMILES string of the molecule is CCC=CC[C@H](O)C(O)C=CC=CC=C/C=C/[C@H](O)CC=CCCC(=O)O. The van der Waals surface area contributed by atoms with Gasteiger partial charge < -0.3 is 20.4 Å². The number of aliphatic hydroxyl groups excluding tert-OH is 3. The fourth-order valence-corrected chi connectivity index (χ4v) is 1.94. The highest BCUT2D eigenvalue weighted by molar-refractivity contribution is 5.66. The van der Waals surface area contributed by atoms with Crippen LogP contribution in [0.2, 0.25) is 0 Å². The monoisotopic (exact) mass is 376 g/mol. The summed E-state index contributed by atoms with van der Waals surface area (Å²) in [5.41, 5.74) is 0. The van der Waals surface area contributed by atoms with Gasteiger partial charge in [-0.25, -0.2) is 0 Å². The third kappa shape index (κ3) is 17.0. The second-order valence-corrected chi connectivity index (χ2v) is 5.92. The number of carboxylic acid groups (broad SMARTS) is 1. The highest BCUT2D eigenvalue weighted by Gasteiger charge is 2.10. The highest BCUT2D eigenvalue weighted by Crippen LogP contribution is 2.03. The standard InChI is InChI=1S/C22H32O5/c1-2-3-9-16-20(24)21(25)17-12-7-5-4-6-10-14-19(23)15-11-8-13-18-22(26)27/h3-12,14,17,19-21,23-25H,2,13,15-16,18H2,1H3,(H,26,27)/b6-4?,7-5?,9-3?,11-8?,14-10+,17-12?/t19-,20-,21?/m0/s1. The van der Waals surface area contributed by atoms with Crippen LogP contribution in [0.4, 0.5) is 0 Å². The molecule has 1 unspecified atom stereocenters. The smallest absolute Gasteiger partial charge is 0.303 e. The van der Waals surface area contributed by atoms with Crippen LogP contribution in [0.25, 0.3) is 0 Å². The van der Waals surface area contributed by atoms with Gasteiger partial charge in [-0.05, 0) is 25.7 Å². The molecule has 0 fully saturated rings. The molecule has 0 aromatic heterocycles. The lowest BCUT2D eigenvalue weighted by atomic mass is 10.1. The zero-order chi connectivity index (χ0) is 20.3. The molecule has 0 amide bonds. The quantitative estimate of drug-likeness (QED) is 0.275. The molecular formula is C22H32O5. The van der Waals surface area contributed by atoms with Crippen LogP contribution in [-0.2, 0) is 4.79 Å². The van der Waals surface area contributed by atoms with Gasteiger partial charge in [0, 0.05) is 6.42 Å². The van der Waals surface area contributed by atoms with Crippen LogP contribution in [0, 0.1) is 0 Å². The molecule has 150 valence electrons. The second kappa shape index (κ2) is 17.2. The topological polar surface area (TPSA) is 98.0 Å². The highest BCUT2D eigenvalue weighted by atomic mass is 16.4. The first-order valence-electron chi connectivity index (χ1n) is 9.21. The van der Waals surface area contributed by atoms with Crippen LogP contribution in [0.1, 0.15) is 39.0 Å². The first kappa shape index (κ1) is 24.8. The minimum Gasteiger partial charge on any atom is -0.481 e. The molecule has 0 spiro atoms. The van der Waals surface area contributed by atoms with E-state index in [1.807, 2.05) is 19.1 Å². The van der Waals surface area contributed by atoms with E-state index in [1.54, 1.807) is 54.7 Å². The summed E-state index contributed by atoms with van der Waals surface area (Å²) in [6, 6.07) is 0. The maximum Gasteiger partial charge on any atom is 0.303 e. The Morgan fingerprint density at radius 1 is 0.815 bits per heavy atom. The van der Waals surface area contributed by atoms with E-state index in [1.165, 1.54) is 6.08 Å². The van der Waals surface area contributed by atoms with Crippen LogP contribution >= 0.6 is 0 Å². The summed E-state index contributed by atoms with van der Waals surface area (Å²) in [6.45, 7) is 2.01. The molecule has 5 nitrogen and oxygen atoms in total. The second-order valence-electron chi connectivity index (χ2n) is 5.92. The number of carbonyl (C=O) groups is 1. The predicted molar refractivity (Wildman–Crippen MR) is 109 cm³/mol. The maximum absolute atomic E-state index is 10.3. The average Bonchev–Trinajstić information content (AvgIpc) is 2.63. The summed E-state index contributed by atoms with van der Waals surface area (Å²) in [5, 5.41) is 37.7. The minimum absolute atomic E-state index is 0.0951. The zero-order valence-electron chi connectivity index (χ0n) is 15.9. The number of aliphatic carboxylic acids is 1. The van der Waals surface area contributed by atoms with Gasteiger partial charge in [0.15, 0.2) is 0 Å². The maximum atomic E-state index is 10.3. The molecule has 0 aromatic carbocycles. The Bertz CT molecular complexity index is 555. The summed E-state index contributed by atoms with van der Waals surface area (Å²) in [7, 11) is 0. The van der Waals surface area contributed by atoms with Gasteiger partial charge in [-0.15, -0.1) is 0 Å². The van der Waals surface area contributed by atoms with Gasteiger partial charge in [0.2, 0.25) is 0 Å². The molecule has 3 atom stereocenters. The Kier molecular flexibility index (Phi) is 15.8. The number of carboxylic acids is 1. The average molecular weight is 376 g/mol. The molecule has 0 aliphatic heterocycles. The van der Waals surface area contributed by atoms with Crippen molar-refractivity contribution >= 4 is 5.97 Å². The number of aliphatic hydroxyl groups is 3. The van der Waals surface area contributed by atoms with Crippen molar-refractivity contribution in [1.29, 1.82) is 0 Å². The van der Waals surface area contributed by atoms with E-state index in [0.717, 1.165) is 6.42 Å². The fraction of sp³-hybridized carbons (Fsp3) is 0.409. The Morgan fingerprint density at radius 2 is 1.41 bits per heavy atom. The normalized spacial score (nSPS) is 16.6. The van der Waals surface area contributed by atoms with Crippen molar-refractivity contribution in [3.05, 3.63) is 72.9 Å². The lowest BCUT2D eigenvalue weighted by Gasteiger charge is -2.11. The van der Waals surface area contributed by atoms with Crippen molar-refractivity contribution in [3.8, 4) is 0 Å². The fourth-order valence-electron chi connectivity index (χ4n) is 1.94. The van der Waals surface area contributed by atoms with E-state index in [4.69, 9.17) is 5.11 Å². The Balaban J connectivity index is 4.03. The summed E-state index contributed by atoms with van der Waals surface area (Å²) < 4.78 is 0. The molecule has 0 aliphatic carbocycles. The largest absolute Gasteiger partial charge is 0.481 e. The van der Waals surface area contributed by atoms with Gasteiger partial charge in [-0.1, -0.05) is 79.8 Å². The van der Waals surface area contributed by atoms with Crippen molar-refractivity contribution in [2.75, 3.05) is 0 Å². The molecular weight excluding hydrogens is 344 g/mol. The molecule has 0 bridgehead atoms. The van der Waals surface area contributed by atoms with Crippen molar-refractivity contribution in [2.24, 2.45) is 0 Å². The molecule has 0 saturated heterocycles. The summed E-state index contributed by atoms with van der Waals surface area (Å²) in [4.78, 5) is 10.3. The Labute approximate surface area is 162 Å². The third-order valence-electron chi connectivity index (χ3n) is 3.44. The predicted octanol–water partition coefficient (Wildman–Crippen LogP) is 3.46. The van der Waals surface area contributed by atoms with E-state index < -0.39 is 24.3 Å². The van der Waals surface area contributed by atoms with Crippen molar-refractivity contribution in [1.82, 2.24) is 0 Å². The molecule has 0 heterocycles. The van der Waals surface area contributed by atoms with Crippen LogP contribution < -0.4 is 0 Å². The Hall–Kier alpha value is -2.21. The van der Waals surface area contributed by atoms with Gasteiger partial charge in [-0.3, -0.25) is 4.79 Å². The summed E-state index contributed by atoms with van der Waals surface area (Å²) >= 11 is 0. The third-order valence-corrected chi connectivity index (χ3v) is 3.44. The van der Waals surface area contributed by atoms with Gasteiger partial charge in [0.05, 0.1) is 18.3 Å². The first-order chi connectivity index (χ1) is 13.0. The van der Waals surface area contributed by atoms with E-state index in [-0.39, 0.29) is 6.42 Å². The van der Waals surface area contributed by atoms with Crippen LogP contribution in [0.5, 0.6) is 0 Å². The summed E-state index contributed by atoms with van der Waals surface area (Å²) in [6.07, 6.45) is 21.0. The van der Waals surface area contributed by atoms with Crippen LogP contribution in [-0.4, -0.2) is 44.7 Å². The molecule has 0 aromatic rings. The molecule has 0 saturated carbocycles. The first-order valence-corrected chi connectivity index (χ1v) is 9.21. The van der Waals surface area contributed by atoms with Crippen molar-refractivity contribution < 1.29 is 25.2 Å². The minimum atomic E-state index is -0.904. The van der Waals surface area contributed by atoms with Gasteiger partial charge in [0.25, 0.3) is 0 Å². The number of allylic oxidation sites excluding steroid dienone is 8. The number of hydrogen-bond donors (Lipinski definition) is 4. The van der Waals surface area contributed by atoms with Crippen LogP contribution in [0.3, 0.4) is 0 Å². The van der Waals surface area contributed by atoms with E-state index in [2.05, 4.69) is 0 Å². The molecule has 0 aliphatic rings. The van der Waals surface area contributed by atoms with Gasteiger partial charge in [-0.2, -0.15) is 0 Å². The molecule has 0 rings (SSSR count). The van der Waals surface area contributed by atoms with E-state index >= 15 is 0 Å².